The Labute approximate surface area is 206 Å². The van der Waals surface area contributed by atoms with Gasteiger partial charge in [0.2, 0.25) is 0 Å². The number of likely N-dealkylation sites (tertiary alicyclic amines) is 1. The zero-order valence-corrected chi connectivity index (χ0v) is 20.9. The van der Waals surface area contributed by atoms with Crippen LogP contribution in [0.4, 0.5) is 0 Å². The number of ether oxygens (including phenoxy) is 1. The Morgan fingerprint density at radius 3 is 2.50 bits per heavy atom. The molecule has 4 rings (SSSR count). The molecule has 0 saturated carbocycles. The number of carbonyl (C=O) groups excluding carboxylic acids is 1. The fourth-order valence-corrected chi connectivity index (χ4v) is 4.99. The predicted molar refractivity (Wildman–Crippen MR) is 136 cm³/mol. The number of benzene rings is 2. The van der Waals surface area contributed by atoms with Crippen LogP contribution in [0, 0.1) is 13.8 Å². The van der Waals surface area contributed by atoms with Crippen molar-refractivity contribution in [2.24, 2.45) is 0 Å². The smallest absolute Gasteiger partial charge is 0.256 e. The van der Waals surface area contributed by atoms with Crippen molar-refractivity contribution in [2.45, 2.75) is 45.7 Å². The van der Waals surface area contributed by atoms with Crippen LogP contribution in [0.15, 0.2) is 48.5 Å². The summed E-state index contributed by atoms with van der Waals surface area (Å²) >= 11 is 6.64. The van der Waals surface area contributed by atoms with Crippen LogP contribution < -0.4 is 10.1 Å². The van der Waals surface area contributed by atoms with E-state index in [-0.39, 0.29) is 11.9 Å². The van der Waals surface area contributed by atoms with Crippen LogP contribution in [0.3, 0.4) is 0 Å². The van der Waals surface area contributed by atoms with E-state index in [1.807, 2.05) is 25.1 Å². The zero-order chi connectivity index (χ0) is 24.1. The van der Waals surface area contributed by atoms with E-state index in [1.165, 1.54) is 12.0 Å². The lowest BCUT2D eigenvalue weighted by molar-refractivity contribution is 0.0922. The third-order valence-corrected chi connectivity index (χ3v) is 6.91. The number of amides is 1. The number of nitrogens with one attached hydrogen (secondary N) is 1. The molecule has 1 amide bonds. The fraction of sp³-hybridized carbons (Fsp3) is 0.407. The third kappa shape index (κ3) is 5.45. The molecule has 0 spiro atoms. The number of hydrogen-bond donors (Lipinski definition) is 1. The van der Waals surface area contributed by atoms with E-state index in [0.717, 1.165) is 42.8 Å². The number of carbonyl (C=O) groups is 1. The topological polar surface area (TPSA) is 59.4 Å². The van der Waals surface area contributed by atoms with Crippen LogP contribution in [-0.4, -0.2) is 47.3 Å². The van der Waals surface area contributed by atoms with Crippen molar-refractivity contribution in [1.82, 2.24) is 20.0 Å². The summed E-state index contributed by atoms with van der Waals surface area (Å²) in [5.41, 5.74) is 4.44. The molecule has 0 aliphatic carbocycles. The Morgan fingerprint density at radius 2 is 1.79 bits per heavy atom. The van der Waals surface area contributed by atoms with Gasteiger partial charge in [0.25, 0.3) is 5.91 Å². The van der Waals surface area contributed by atoms with Gasteiger partial charge in [-0.25, -0.2) is 4.68 Å². The Morgan fingerprint density at radius 1 is 1.09 bits per heavy atom. The van der Waals surface area contributed by atoms with Gasteiger partial charge in [-0.15, -0.1) is 0 Å². The molecule has 1 saturated heterocycles. The first-order valence-electron chi connectivity index (χ1n) is 11.9. The number of piperidine rings is 1. The molecule has 1 N–H and O–H groups in total. The van der Waals surface area contributed by atoms with Gasteiger partial charge in [-0.1, -0.05) is 66.0 Å². The number of rotatable bonds is 8. The molecular formula is C27H33ClN4O2. The molecule has 1 atom stereocenters. The van der Waals surface area contributed by atoms with Gasteiger partial charge in [0.1, 0.15) is 10.9 Å². The van der Waals surface area contributed by atoms with E-state index in [0.29, 0.717) is 29.5 Å². The molecule has 2 aromatic carbocycles. The first-order chi connectivity index (χ1) is 16.5. The van der Waals surface area contributed by atoms with Gasteiger partial charge >= 0.3 is 0 Å². The molecule has 34 heavy (non-hydrogen) atoms. The summed E-state index contributed by atoms with van der Waals surface area (Å²) < 4.78 is 7.33. The minimum absolute atomic E-state index is 0.0297. The average Bonchev–Trinajstić information content (AvgIpc) is 3.14. The zero-order valence-electron chi connectivity index (χ0n) is 20.2. The normalized spacial score (nSPS) is 15.2. The largest absolute Gasteiger partial charge is 0.496 e. The maximum absolute atomic E-state index is 13.3. The second kappa shape index (κ2) is 11.1. The molecule has 0 radical (unpaired) electrons. The molecule has 1 aliphatic rings. The van der Waals surface area contributed by atoms with Crippen LogP contribution in [0.25, 0.3) is 0 Å². The lowest BCUT2D eigenvalue weighted by atomic mass is 10.0. The molecule has 1 aliphatic heterocycles. The molecule has 2 heterocycles. The number of halogens is 1. The highest BCUT2D eigenvalue weighted by molar-refractivity contribution is 6.33. The van der Waals surface area contributed by atoms with E-state index in [1.54, 1.807) is 11.8 Å². The van der Waals surface area contributed by atoms with Crippen molar-refractivity contribution >= 4 is 17.5 Å². The SMILES string of the molecule is COc1ccccc1C(CNC(=O)c1c(C)nn(Cc2ccc(C)cc2)c1Cl)N1CCCCC1. The minimum atomic E-state index is -0.199. The van der Waals surface area contributed by atoms with Crippen molar-refractivity contribution in [3.63, 3.8) is 0 Å². The van der Waals surface area contributed by atoms with Crippen LogP contribution in [0.1, 0.15) is 58.0 Å². The number of methoxy groups -OCH3 is 1. The molecular weight excluding hydrogens is 448 g/mol. The van der Waals surface area contributed by atoms with E-state index < -0.39 is 0 Å². The second-order valence-electron chi connectivity index (χ2n) is 8.96. The quantitative estimate of drug-likeness (QED) is 0.483. The molecule has 3 aromatic rings. The summed E-state index contributed by atoms with van der Waals surface area (Å²) in [5, 5.41) is 8.05. The van der Waals surface area contributed by atoms with Gasteiger partial charge in [0.15, 0.2) is 0 Å². The highest BCUT2D eigenvalue weighted by atomic mass is 35.5. The van der Waals surface area contributed by atoms with E-state index in [4.69, 9.17) is 16.3 Å². The first kappa shape index (κ1) is 24.3. The van der Waals surface area contributed by atoms with Gasteiger partial charge in [-0.2, -0.15) is 5.10 Å². The van der Waals surface area contributed by atoms with Crippen molar-refractivity contribution < 1.29 is 9.53 Å². The van der Waals surface area contributed by atoms with Crippen molar-refractivity contribution in [3.8, 4) is 5.75 Å². The lowest BCUT2D eigenvalue weighted by Crippen LogP contribution is -2.41. The number of hydrogen-bond acceptors (Lipinski definition) is 4. The van der Waals surface area contributed by atoms with Crippen molar-refractivity contribution in [3.05, 3.63) is 81.6 Å². The summed E-state index contributed by atoms with van der Waals surface area (Å²) in [5.74, 6) is 0.641. The predicted octanol–water partition coefficient (Wildman–Crippen LogP) is 5.17. The average molecular weight is 481 g/mol. The van der Waals surface area contributed by atoms with Crippen LogP contribution in [-0.2, 0) is 6.54 Å². The molecule has 1 fully saturated rings. The summed E-state index contributed by atoms with van der Waals surface area (Å²) in [6, 6.07) is 16.3. The summed E-state index contributed by atoms with van der Waals surface area (Å²) in [7, 11) is 1.69. The van der Waals surface area contributed by atoms with Crippen LogP contribution >= 0.6 is 11.6 Å². The van der Waals surface area contributed by atoms with E-state index in [9.17, 15) is 4.79 Å². The fourth-order valence-electron chi connectivity index (χ4n) is 4.67. The van der Waals surface area contributed by atoms with Gasteiger partial charge in [-0.05, 0) is 51.4 Å². The third-order valence-electron chi connectivity index (χ3n) is 6.53. The monoisotopic (exact) mass is 480 g/mol. The molecule has 1 aromatic heterocycles. The highest BCUT2D eigenvalue weighted by Crippen LogP contribution is 2.31. The van der Waals surface area contributed by atoms with Crippen LogP contribution in [0.5, 0.6) is 5.75 Å². The van der Waals surface area contributed by atoms with E-state index in [2.05, 4.69) is 52.6 Å². The summed E-state index contributed by atoms with van der Waals surface area (Å²) in [6.45, 7) is 6.89. The van der Waals surface area contributed by atoms with Gasteiger partial charge < -0.3 is 10.1 Å². The molecule has 7 heteroatoms. The summed E-state index contributed by atoms with van der Waals surface area (Å²) in [6.07, 6.45) is 3.57. The summed E-state index contributed by atoms with van der Waals surface area (Å²) in [4.78, 5) is 15.7. The van der Waals surface area contributed by atoms with Crippen molar-refractivity contribution in [2.75, 3.05) is 26.7 Å². The van der Waals surface area contributed by atoms with Gasteiger partial charge in [0.05, 0.1) is 31.0 Å². The number of para-hydroxylation sites is 1. The van der Waals surface area contributed by atoms with Crippen LogP contribution in [0.2, 0.25) is 5.15 Å². The number of aryl methyl sites for hydroxylation is 2. The standard InChI is InChI=1S/C27H33ClN4O2/c1-19-11-13-21(14-12-19)18-32-26(28)25(20(2)30-32)27(33)29-17-23(31-15-7-4-8-16-31)22-9-5-6-10-24(22)34-3/h5-6,9-14,23H,4,7-8,15-18H2,1-3H3,(H,29,33). The Bertz CT molecular complexity index is 1120. The Balaban J connectivity index is 1.52. The van der Waals surface area contributed by atoms with Gasteiger partial charge in [-0.3, -0.25) is 9.69 Å². The van der Waals surface area contributed by atoms with E-state index >= 15 is 0 Å². The number of nitrogens with zero attached hydrogens (tertiary/aromatic N) is 3. The maximum atomic E-state index is 13.3. The first-order valence-corrected chi connectivity index (χ1v) is 12.3. The van der Waals surface area contributed by atoms with Gasteiger partial charge in [0, 0.05) is 12.1 Å². The highest BCUT2D eigenvalue weighted by Gasteiger charge is 2.27. The van der Waals surface area contributed by atoms with Crippen molar-refractivity contribution in [1.29, 1.82) is 0 Å². The Hall–Kier alpha value is -2.83. The maximum Gasteiger partial charge on any atom is 0.256 e. The Kier molecular flexibility index (Phi) is 7.91. The lowest BCUT2D eigenvalue weighted by Gasteiger charge is -2.35. The molecule has 1 unspecified atom stereocenters. The molecule has 180 valence electrons. The molecule has 6 nitrogen and oxygen atoms in total. The minimum Gasteiger partial charge on any atom is -0.496 e. The second-order valence-corrected chi connectivity index (χ2v) is 9.32. The molecule has 0 bridgehead atoms. The number of aromatic nitrogens is 2.